The van der Waals surface area contributed by atoms with Crippen molar-refractivity contribution in [3.05, 3.63) is 0 Å². The van der Waals surface area contributed by atoms with E-state index in [1.54, 1.807) is 0 Å². The van der Waals surface area contributed by atoms with Crippen LogP contribution in [0.3, 0.4) is 0 Å². The average molecular weight is 215 g/mol. The molecule has 4 heteroatoms. The summed E-state index contributed by atoms with van der Waals surface area (Å²) in [6.45, 7) is 7.72. The molecule has 4 nitrogen and oxygen atoms in total. The van der Waals surface area contributed by atoms with Crippen molar-refractivity contribution < 1.29 is 4.79 Å². The van der Waals surface area contributed by atoms with Gasteiger partial charge in [-0.3, -0.25) is 4.79 Å². The fraction of sp³-hybridized carbons (Fsp3) is 0.909. The smallest absolute Gasteiger partial charge is 0.236 e. The molecule has 15 heavy (non-hydrogen) atoms. The van der Waals surface area contributed by atoms with E-state index in [0.29, 0.717) is 19.5 Å². The van der Waals surface area contributed by atoms with Gasteiger partial charge in [-0.15, -0.1) is 0 Å². The number of nitrogens with two attached hydrogens (primary N) is 2. The van der Waals surface area contributed by atoms with E-state index in [9.17, 15) is 4.79 Å². The third kappa shape index (κ3) is 8.39. The summed E-state index contributed by atoms with van der Waals surface area (Å²) in [5, 5.41) is 2.84. The highest BCUT2D eigenvalue weighted by Crippen LogP contribution is 2.16. The van der Waals surface area contributed by atoms with Crippen molar-refractivity contribution in [2.24, 2.45) is 16.9 Å². The molecule has 0 spiro atoms. The Morgan fingerprint density at radius 2 is 2.00 bits per heavy atom. The molecule has 90 valence electrons. The lowest BCUT2D eigenvalue weighted by molar-refractivity contribution is -0.122. The summed E-state index contributed by atoms with van der Waals surface area (Å²) in [5.41, 5.74) is 11.3. The predicted octanol–water partition coefficient (Wildman–Crippen LogP) is 0.605. The van der Waals surface area contributed by atoms with Gasteiger partial charge in [0.1, 0.15) is 0 Å². The Hall–Kier alpha value is -0.610. The van der Waals surface area contributed by atoms with Crippen LogP contribution in [-0.4, -0.2) is 25.0 Å². The lowest BCUT2D eigenvalue weighted by Crippen LogP contribution is -2.41. The molecule has 0 aromatic carbocycles. The van der Waals surface area contributed by atoms with E-state index in [1.807, 2.05) is 0 Å². The van der Waals surface area contributed by atoms with E-state index in [2.05, 4.69) is 26.1 Å². The van der Waals surface area contributed by atoms with Crippen LogP contribution in [0.2, 0.25) is 0 Å². The molecule has 1 atom stereocenters. The summed E-state index contributed by atoms with van der Waals surface area (Å²) in [5.74, 6) is -0.0623. The first-order valence-electron chi connectivity index (χ1n) is 5.60. The first-order valence-corrected chi connectivity index (χ1v) is 5.60. The molecule has 0 saturated heterocycles. The Kier molecular flexibility index (Phi) is 6.52. The topological polar surface area (TPSA) is 81.1 Å². The maximum absolute atomic E-state index is 11.5. The van der Waals surface area contributed by atoms with Gasteiger partial charge in [0.15, 0.2) is 0 Å². The van der Waals surface area contributed by atoms with Crippen LogP contribution in [0.25, 0.3) is 0 Å². The molecular formula is C11H25N3O. The van der Waals surface area contributed by atoms with Gasteiger partial charge in [0.2, 0.25) is 5.91 Å². The largest absolute Gasteiger partial charge is 0.355 e. The van der Waals surface area contributed by atoms with Gasteiger partial charge in [-0.2, -0.15) is 0 Å². The van der Waals surface area contributed by atoms with Gasteiger partial charge in [-0.1, -0.05) is 20.8 Å². The molecule has 0 heterocycles. The minimum Gasteiger partial charge on any atom is -0.355 e. The fourth-order valence-corrected chi connectivity index (χ4v) is 1.16. The molecule has 5 N–H and O–H groups in total. The second-order valence-electron chi connectivity index (χ2n) is 5.14. The molecule has 1 amide bonds. The van der Waals surface area contributed by atoms with Gasteiger partial charge in [0.05, 0.1) is 6.04 Å². The van der Waals surface area contributed by atoms with Crippen LogP contribution >= 0.6 is 0 Å². The van der Waals surface area contributed by atoms with Crippen molar-refractivity contribution in [2.75, 3.05) is 13.1 Å². The molecule has 0 saturated carbocycles. The molecule has 1 unspecified atom stereocenters. The second kappa shape index (κ2) is 6.80. The number of hydrogen-bond donors (Lipinski definition) is 3. The van der Waals surface area contributed by atoms with Gasteiger partial charge < -0.3 is 16.8 Å². The molecule has 0 radical (unpaired) electrons. The monoisotopic (exact) mass is 215 g/mol. The van der Waals surface area contributed by atoms with E-state index in [1.165, 1.54) is 0 Å². The van der Waals surface area contributed by atoms with Crippen LogP contribution < -0.4 is 16.8 Å². The minimum atomic E-state index is -0.409. The van der Waals surface area contributed by atoms with Crippen molar-refractivity contribution >= 4 is 5.91 Å². The highest BCUT2D eigenvalue weighted by molar-refractivity contribution is 5.81. The number of rotatable bonds is 6. The first kappa shape index (κ1) is 14.4. The third-order valence-electron chi connectivity index (χ3n) is 2.23. The van der Waals surface area contributed by atoms with Gasteiger partial charge in [0.25, 0.3) is 0 Å². The number of carbonyl (C=O) groups excluding carboxylic acids is 1. The van der Waals surface area contributed by atoms with Crippen LogP contribution in [0.1, 0.15) is 40.0 Å². The van der Waals surface area contributed by atoms with Gasteiger partial charge in [0, 0.05) is 6.54 Å². The Bertz CT molecular complexity index is 187. The van der Waals surface area contributed by atoms with E-state index >= 15 is 0 Å². The van der Waals surface area contributed by atoms with Crippen molar-refractivity contribution in [1.29, 1.82) is 0 Å². The molecule has 0 aliphatic heterocycles. The van der Waals surface area contributed by atoms with E-state index in [0.717, 1.165) is 12.8 Å². The molecular weight excluding hydrogens is 190 g/mol. The number of nitrogens with one attached hydrogen (secondary N) is 1. The number of amides is 1. The summed E-state index contributed by atoms with van der Waals surface area (Å²) in [6, 6.07) is -0.409. The molecule has 0 fully saturated rings. The Morgan fingerprint density at radius 1 is 1.40 bits per heavy atom. The zero-order valence-corrected chi connectivity index (χ0v) is 10.2. The van der Waals surface area contributed by atoms with Crippen LogP contribution in [-0.2, 0) is 4.79 Å². The average Bonchev–Trinajstić information content (AvgIpc) is 2.11. The summed E-state index contributed by atoms with van der Waals surface area (Å²) >= 11 is 0. The zero-order valence-electron chi connectivity index (χ0n) is 10.2. The second-order valence-corrected chi connectivity index (χ2v) is 5.14. The highest BCUT2D eigenvalue weighted by atomic mass is 16.2. The Morgan fingerprint density at radius 3 is 2.47 bits per heavy atom. The van der Waals surface area contributed by atoms with Crippen LogP contribution in [0.5, 0.6) is 0 Å². The standard InChI is InChI=1S/C11H25N3O/c1-11(2,3)6-8-14-10(15)9(13)5-4-7-12/h9H,4-8,12-13H2,1-3H3,(H,14,15). The Balaban J connectivity index is 3.64. The summed E-state index contributed by atoms with van der Waals surface area (Å²) in [4.78, 5) is 11.5. The van der Waals surface area contributed by atoms with Crippen LogP contribution in [0.15, 0.2) is 0 Å². The minimum absolute atomic E-state index is 0.0623. The lowest BCUT2D eigenvalue weighted by Gasteiger charge is -2.19. The Labute approximate surface area is 92.8 Å². The van der Waals surface area contributed by atoms with E-state index in [-0.39, 0.29) is 11.3 Å². The maximum atomic E-state index is 11.5. The highest BCUT2D eigenvalue weighted by Gasteiger charge is 2.14. The van der Waals surface area contributed by atoms with Crippen molar-refractivity contribution in [3.63, 3.8) is 0 Å². The first-order chi connectivity index (χ1) is 6.87. The van der Waals surface area contributed by atoms with E-state index < -0.39 is 6.04 Å². The van der Waals surface area contributed by atoms with Gasteiger partial charge in [-0.25, -0.2) is 0 Å². The molecule has 0 aliphatic carbocycles. The molecule has 0 bridgehead atoms. The van der Waals surface area contributed by atoms with Gasteiger partial charge >= 0.3 is 0 Å². The molecule has 0 aromatic rings. The number of carbonyl (C=O) groups is 1. The van der Waals surface area contributed by atoms with Crippen molar-refractivity contribution in [1.82, 2.24) is 5.32 Å². The molecule has 0 rings (SSSR count). The summed E-state index contributed by atoms with van der Waals surface area (Å²) in [7, 11) is 0. The zero-order chi connectivity index (χ0) is 11.9. The van der Waals surface area contributed by atoms with Crippen LogP contribution in [0.4, 0.5) is 0 Å². The maximum Gasteiger partial charge on any atom is 0.236 e. The summed E-state index contributed by atoms with van der Waals surface area (Å²) in [6.07, 6.45) is 2.42. The predicted molar refractivity (Wildman–Crippen MR) is 63.3 cm³/mol. The van der Waals surface area contributed by atoms with Crippen molar-refractivity contribution in [3.8, 4) is 0 Å². The normalized spacial score (nSPS) is 13.7. The lowest BCUT2D eigenvalue weighted by atomic mass is 9.92. The number of hydrogen-bond acceptors (Lipinski definition) is 3. The molecule has 0 aliphatic rings. The summed E-state index contributed by atoms with van der Waals surface area (Å²) < 4.78 is 0. The quantitative estimate of drug-likeness (QED) is 0.607. The van der Waals surface area contributed by atoms with Crippen molar-refractivity contribution in [2.45, 2.75) is 46.1 Å². The third-order valence-corrected chi connectivity index (χ3v) is 2.23. The fourth-order valence-electron chi connectivity index (χ4n) is 1.16. The molecule has 0 aromatic heterocycles. The van der Waals surface area contributed by atoms with Gasteiger partial charge in [-0.05, 0) is 31.2 Å². The van der Waals surface area contributed by atoms with Crippen LogP contribution in [0, 0.1) is 5.41 Å². The SMILES string of the molecule is CC(C)(C)CCNC(=O)C(N)CCCN. The van der Waals surface area contributed by atoms with E-state index in [4.69, 9.17) is 11.5 Å².